The molecule has 5 atom stereocenters. The van der Waals surface area contributed by atoms with Crippen LogP contribution >= 0.6 is 0 Å². The number of carbonyl (C=O) groups excluding carboxylic acids is 1. The fraction of sp³-hybridized carbons (Fsp3) is 0.536. The molecule has 5 rings (SSSR count). The van der Waals surface area contributed by atoms with Crippen LogP contribution in [0.15, 0.2) is 30.5 Å². The van der Waals surface area contributed by atoms with Gasteiger partial charge in [0.25, 0.3) is 5.91 Å². The van der Waals surface area contributed by atoms with Crippen molar-refractivity contribution in [1.82, 2.24) is 9.97 Å². The molecule has 3 heterocycles. The quantitative estimate of drug-likeness (QED) is 0.584. The average Bonchev–Trinajstić information content (AvgIpc) is 3.48. The molecule has 2 unspecified atom stereocenters. The van der Waals surface area contributed by atoms with Crippen molar-refractivity contribution in [2.45, 2.75) is 77.9 Å². The molecule has 0 spiro atoms. The monoisotopic (exact) mass is 458 g/mol. The summed E-state index contributed by atoms with van der Waals surface area (Å²) in [6.07, 6.45) is 9.86. The van der Waals surface area contributed by atoms with Gasteiger partial charge in [-0.2, -0.15) is 5.26 Å². The molecule has 2 aliphatic heterocycles. The molecular weight excluding hydrogens is 424 g/mol. The van der Waals surface area contributed by atoms with Crippen LogP contribution in [0.2, 0.25) is 0 Å². The van der Waals surface area contributed by atoms with Gasteiger partial charge in [0, 0.05) is 11.3 Å². The van der Waals surface area contributed by atoms with Crippen molar-refractivity contribution in [3.8, 4) is 6.07 Å². The van der Waals surface area contributed by atoms with E-state index in [4.69, 9.17) is 10.00 Å². The van der Waals surface area contributed by atoms with Crippen LogP contribution in [-0.2, 0) is 4.74 Å². The topological polar surface area (TPSA) is 90.8 Å². The summed E-state index contributed by atoms with van der Waals surface area (Å²) >= 11 is 0. The van der Waals surface area contributed by atoms with Gasteiger partial charge >= 0.3 is 0 Å². The second kappa shape index (κ2) is 8.70. The Kier molecular flexibility index (Phi) is 5.85. The maximum Gasteiger partial charge on any atom is 0.291 e. The van der Waals surface area contributed by atoms with Gasteiger partial charge < -0.3 is 15.0 Å². The lowest BCUT2D eigenvalue weighted by atomic mass is 9.72. The number of anilines is 1. The van der Waals surface area contributed by atoms with Crippen molar-refractivity contribution in [1.29, 1.82) is 5.26 Å². The Morgan fingerprint density at radius 2 is 1.97 bits per heavy atom. The fourth-order valence-electron chi connectivity index (χ4n) is 6.15. The highest BCUT2D eigenvalue weighted by molar-refractivity contribution is 6.03. The number of nitrogens with zero attached hydrogens (tertiary/aromatic N) is 2. The predicted octanol–water partition coefficient (Wildman–Crippen LogP) is 6.04. The smallest absolute Gasteiger partial charge is 0.291 e. The van der Waals surface area contributed by atoms with Crippen molar-refractivity contribution in [3.63, 3.8) is 0 Å². The zero-order chi connectivity index (χ0) is 24.0. The van der Waals surface area contributed by atoms with Crippen LogP contribution in [0, 0.1) is 28.6 Å². The number of nitrogens with one attached hydrogen (secondary N) is 2. The van der Waals surface area contributed by atoms with Crippen molar-refractivity contribution >= 4 is 17.2 Å². The van der Waals surface area contributed by atoms with Gasteiger partial charge in [0.1, 0.15) is 11.8 Å². The number of hydrogen-bond donors (Lipinski definition) is 2. The summed E-state index contributed by atoms with van der Waals surface area (Å²) in [5, 5.41) is 12.1. The van der Waals surface area contributed by atoms with E-state index in [1.54, 1.807) is 0 Å². The number of allylic oxidation sites excluding steroid dienone is 2. The Morgan fingerprint density at radius 3 is 2.59 bits per heavy atom. The van der Waals surface area contributed by atoms with Gasteiger partial charge in [0.15, 0.2) is 5.82 Å². The number of benzene rings is 1. The Labute approximate surface area is 201 Å². The summed E-state index contributed by atoms with van der Waals surface area (Å²) in [5.74, 6) is 1.19. The van der Waals surface area contributed by atoms with E-state index >= 15 is 0 Å². The van der Waals surface area contributed by atoms with E-state index in [0.29, 0.717) is 35.4 Å². The molecule has 1 aromatic carbocycles. The number of hydrogen-bond acceptors (Lipinski definition) is 4. The number of ether oxygens (including phenoxy) is 1. The third-order valence-electron chi connectivity index (χ3n) is 8.30. The first-order chi connectivity index (χ1) is 16.3. The SMILES string of the molecule is CC1C(c2ccc(NC(=O)c3ncc(C#N)[nH]3)c(C3=CCC(C)(C)CC3)c2)[C@H](C)[C@@H]2CC[C@H]1O2. The van der Waals surface area contributed by atoms with Crippen LogP contribution in [0.4, 0.5) is 5.69 Å². The number of aromatic amines is 1. The van der Waals surface area contributed by atoms with E-state index in [2.05, 4.69) is 61.2 Å². The number of carbonyl (C=O) groups is 1. The molecule has 2 aromatic rings. The summed E-state index contributed by atoms with van der Waals surface area (Å²) in [7, 11) is 0. The van der Waals surface area contributed by atoms with Crippen LogP contribution in [0.5, 0.6) is 0 Å². The van der Waals surface area contributed by atoms with Crippen LogP contribution < -0.4 is 5.32 Å². The molecule has 2 N–H and O–H groups in total. The maximum absolute atomic E-state index is 12.9. The number of fused-ring (bicyclic) bond motifs is 2. The third-order valence-corrected chi connectivity index (χ3v) is 8.30. The van der Waals surface area contributed by atoms with Crippen molar-refractivity contribution in [2.24, 2.45) is 17.3 Å². The molecule has 3 aliphatic rings. The molecule has 0 saturated carbocycles. The van der Waals surface area contributed by atoms with Crippen molar-refractivity contribution in [3.05, 3.63) is 53.1 Å². The summed E-state index contributed by atoms with van der Waals surface area (Å²) in [5.41, 5.74) is 5.11. The molecule has 2 fully saturated rings. The number of aromatic nitrogens is 2. The molecule has 0 radical (unpaired) electrons. The molecule has 1 aliphatic carbocycles. The fourth-order valence-corrected chi connectivity index (χ4v) is 6.15. The van der Waals surface area contributed by atoms with Crippen molar-refractivity contribution in [2.75, 3.05) is 5.32 Å². The highest BCUT2D eigenvalue weighted by Gasteiger charge is 2.46. The van der Waals surface area contributed by atoms with E-state index in [1.807, 2.05) is 12.1 Å². The number of H-pyrrole nitrogens is 1. The van der Waals surface area contributed by atoms with Gasteiger partial charge in [-0.15, -0.1) is 0 Å². The summed E-state index contributed by atoms with van der Waals surface area (Å²) < 4.78 is 6.28. The first kappa shape index (κ1) is 22.9. The van der Waals surface area contributed by atoms with E-state index in [0.717, 1.165) is 43.4 Å². The lowest BCUT2D eigenvalue weighted by Gasteiger charge is -2.40. The summed E-state index contributed by atoms with van der Waals surface area (Å²) in [6.45, 7) is 9.28. The second-order valence-electron chi connectivity index (χ2n) is 11.1. The summed E-state index contributed by atoms with van der Waals surface area (Å²) in [4.78, 5) is 19.7. The van der Waals surface area contributed by atoms with Gasteiger partial charge in [-0.25, -0.2) is 4.98 Å². The first-order valence-corrected chi connectivity index (χ1v) is 12.5. The standard InChI is InChI=1S/C28H34N4O2/c1-16-23-7-8-24(34-23)17(2)25(16)19-5-6-22(32-27(33)26-30-15-20(14-29)31-26)21(13-19)18-9-11-28(3,4)12-10-18/h5-6,9,13,15-17,23-25H,7-8,10-12H2,1-4H3,(H,30,31)(H,32,33)/t16-,17?,23+,24-,25?/m1/s1. The highest BCUT2D eigenvalue weighted by atomic mass is 16.5. The molecule has 6 heteroatoms. The minimum atomic E-state index is -0.335. The van der Waals surface area contributed by atoms with Crippen LogP contribution in [-0.4, -0.2) is 28.1 Å². The lowest BCUT2D eigenvalue weighted by Crippen LogP contribution is -2.38. The normalized spacial score (nSPS) is 29.9. The van der Waals surface area contributed by atoms with Crippen LogP contribution in [0.25, 0.3) is 5.57 Å². The molecule has 178 valence electrons. The largest absolute Gasteiger partial charge is 0.374 e. The molecule has 2 bridgehead atoms. The van der Waals surface area contributed by atoms with E-state index in [-0.39, 0.29) is 17.4 Å². The van der Waals surface area contributed by atoms with Gasteiger partial charge in [-0.1, -0.05) is 39.8 Å². The number of amides is 1. The Hall–Kier alpha value is -2.91. The average molecular weight is 459 g/mol. The van der Waals surface area contributed by atoms with Gasteiger partial charge in [0.2, 0.25) is 0 Å². The number of rotatable bonds is 4. The third kappa shape index (κ3) is 4.18. The summed E-state index contributed by atoms with van der Waals surface area (Å²) in [6, 6.07) is 8.52. The van der Waals surface area contributed by atoms with Crippen LogP contribution in [0.1, 0.15) is 93.2 Å². The van der Waals surface area contributed by atoms with Gasteiger partial charge in [0.05, 0.1) is 18.4 Å². The maximum atomic E-state index is 12.9. The Bertz CT molecular complexity index is 1160. The lowest BCUT2D eigenvalue weighted by molar-refractivity contribution is -0.0704. The van der Waals surface area contributed by atoms with E-state index in [9.17, 15) is 4.79 Å². The molecule has 2 saturated heterocycles. The second-order valence-corrected chi connectivity index (χ2v) is 11.1. The molecular formula is C28H34N4O2. The molecule has 1 amide bonds. The van der Waals surface area contributed by atoms with Crippen LogP contribution in [0.3, 0.4) is 0 Å². The highest BCUT2D eigenvalue weighted by Crippen LogP contribution is 2.49. The van der Waals surface area contributed by atoms with E-state index < -0.39 is 0 Å². The predicted molar refractivity (Wildman–Crippen MR) is 132 cm³/mol. The number of nitriles is 1. The number of imidazole rings is 1. The van der Waals surface area contributed by atoms with Crippen molar-refractivity contribution < 1.29 is 9.53 Å². The van der Waals surface area contributed by atoms with E-state index in [1.165, 1.54) is 17.3 Å². The zero-order valence-corrected chi connectivity index (χ0v) is 20.5. The minimum Gasteiger partial charge on any atom is -0.374 e. The molecule has 6 nitrogen and oxygen atoms in total. The zero-order valence-electron chi connectivity index (χ0n) is 20.5. The Morgan fingerprint density at radius 1 is 1.24 bits per heavy atom. The first-order valence-electron chi connectivity index (χ1n) is 12.5. The Balaban J connectivity index is 1.50. The minimum absolute atomic E-state index is 0.147. The molecule has 1 aromatic heterocycles. The van der Waals surface area contributed by atoms with Gasteiger partial charge in [-0.3, -0.25) is 4.79 Å². The molecule has 34 heavy (non-hydrogen) atoms. The van der Waals surface area contributed by atoms with Gasteiger partial charge in [-0.05, 0) is 78.5 Å².